The number of hydrogen-bond donors (Lipinski definition) is 0. The van der Waals surface area contributed by atoms with E-state index in [1.54, 1.807) is 26.3 Å². The lowest BCUT2D eigenvalue weighted by Crippen LogP contribution is -2.28. The molecule has 5 heteroatoms. The Morgan fingerprint density at radius 3 is 2.77 bits per heavy atom. The highest BCUT2D eigenvalue weighted by atomic mass is 79.9. The number of amides is 1. The summed E-state index contributed by atoms with van der Waals surface area (Å²) in [6, 6.07) is 12.1. The van der Waals surface area contributed by atoms with Crippen molar-refractivity contribution in [3.05, 3.63) is 63.9 Å². The minimum absolute atomic E-state index is 0.0763. The molecule has 1 amide bonds. The van der Waals surface area contributed by atoms with Crippen LogP contribution in [-0.4, -0.2) is 25.0 Å². The van der Waals surface area contributed by atoms with Crippen LogP contribution in [-0.2, 0) is 17.8 Å². The fourth-order valence-electron chi connectivity index (χ4n) is 2.10. The zero-order valence-electron chi connectivity index (χ0n) is 12.5. The summed E-state index contributed by atoms with van der Waals surface area (Å²) < 4.78 is 19.7. The number of methoxy groups -OCH3 is 1. The summed E-state index contributed by atoms with van der Waals surface area (Å²) in [4.78, 5) is 13.8. The summed E-state index contributed by atoms with van der Waals surface area (Å²) in [5, 5.41) is 0. The highest BCUT2D eigenvalue weighted by molar-refractivity contribution is 9.10. The maximum atomic E-state index is 13.7. The number of carbonyl (C=O) groups excluding carboxylic acids is 1. The Kier molecular flexibility index (Phi) is 5.55. The van der Waals surface area contributed by atoms with Crippen LogP contribution in [0.3, 0.4) is 0 Å². The molecular weight excluding hydrogens is 349 g/mol. The number of carbonyl (C=O) groups is 1. The Morgan fingerprint density at radius 1 is 1.27 bits per heavy atom. The molecule has 0 aliphatic carbocycles. The maximum absolute atomic E-state index is 13.7. The Labute approximate surface area is 137 Å². The standard InChI is InChI=1S/C17H17BrFNO2/c1-20(11-13-10-14(18)6-7-16(13)19)17(21)9-12-4-3-5-15(8-12)22-2/h3-8,10H,9,11H2,1-2H3. The van der Waals surface area contributed by atoms with Crippen LogP contribution < -0.4 is 4.74 Å². The predicted molar refractivity (Wildman–Crippen MR) is 87.3 cm³/mol. The highest BCUT2D eigenvalue weighted by Crippen LogP contribution is 2.18. The molecule has 0 spiro atoms. The second-order valence-electron chi connectivity index (χ2n) is 5.01. The summed E-state index contributed by atoms with van der Waals surface area (Å²) in [5.41, 5.74) is 1.35. The molecule has 0 N–H and O–H groups in total. The van der Waals surface area contributed by atoms with E-state index in [9.17, 15) is 9.18 Å². The van der Waals surface area contributed by atoms with E-state index in [2.05, 4.69) is 15.9 Å². The normalized spacial score (nSPS) is 10.4. The van der Waals surface area contributed by atoms with Crippen LogP contribution in [0.1, 0.15) is 11.1 Å². The summed E-state index contributed by atoms with van der Waals surface area (Å²) in [6.07, 6.45) is 0.253. The molecule has 0 radical (unpaired) electrons. The lowest BCUT2D eigenvalue weighted by Gasteiger charge is -2.18. The molecular formula is C17H17BrFNO2. The Morgan fingerprint density at radius 2 is 2.05 bits per heavy atom. The van der Waals surface area contributed by atoms with Crippen molar-refractivity contribution in [1.82, 2.24) is 4.90 Å². The van der Waals surface area contributed by atoms with Gasteiger partial charge in [0.1, 0.15) is 11.6 Å². The van der Waals surface area contributed by atoms with Crippen molar-refractivity contribution in [3.63, 3.8) is 0 Å². The number of ether oxygens (including phenoxy) is 1. The summed E-state index contributed by atoms with van der Waals surface area (Å²) in [6.45, 7) is 0.230. The Bertz CT molecular complexity index is 675. The zero-order chi connectivity index (χ0) is 16.1. The van der Waals surface area contributed by atoms with Gasteiger partial charge in [-0.3, -0.25) is 4.79 Å². The van der Waals surface area contributed by atoms with E-state index in [-0.39, 0.29) is 24.7 Å². The van der Waals surface area contributed by atoms with Gasteiger partial charge in [0.2, 0.25) is 5.91 Å². The van der Waals surface area contributed by atoms with Crippen LogP contribution in [0.25, 0.3) is 0 Å². The molecule has 0 saturated heterocycles. The fourth-order valence-corrected chi connectivity index (χ4v) is 2.51. The average molecular weight is 366 g/mol. The van der Waals surface area contributed by atoms with Crippen molar-refractivity contribution in [2.24, 2.45) is 0 Å². The monoisotopic (exact) mass is 365 g/mol. The first-order valence-electron chi connectivity index (χ1n) is 6.80. The Balaban J connectivity index is 2.04. The lowest BCUT2D eigenvalue weighted by molar-refractivity contribution is -0.129. The third-order valence-corrected chi connectivity index (χ3v) is 3.82. The fraction of sp³-hybridized carbons (Fsp3) is 0.235. The maximum Gasteiger partial charge on any atom is 0.227 e. The third-order valence-electron chi connectivity index (χ3n) is 3.33. The van der Waals surface area contributed by atoms with Gasteiger partial charge in [-0.05, 0) is 35.9 Å². The average Bonchev–Trinajstić information content (AvgIpc) is 2.51. The zero-order valence-corrected chi connectivity index (χ0v) is 14.1. The van der Waals surface area contributed by atoms with Gasteiger partial charge >= 0.3 is 0 Å². The van der Waals surface area contributed by atoms with E-state index in [1.807, 2.05) is 24.3 Å². The largest absolute Gasteiger partial charge is 0.497 e. The van der Waals surface area contributed by atoms with Gasteiger partial charge in [-0.2, -0.15) is 0 Å². The van der Waals surface area contributed by atoms with Gasteiger partial charge in [-0.25, -0.2) is 4.39 Å². The predicted octanol–water partition coefficient (Wildman–Crippen LogP) is 3.80. The van der Waals surface area contributed by atoms with E-state index in [4.69, 9.17) is 4.74 Å². The first-order chi connectivity index (χ1) is 10.5. The number of nitrogens with zero attached hydrogens (tertiary/aromatic N) is 1. The number of rotatable bonds is 5. The van der Waals surface area contributed by atoms with E-state index in [0.29, 0.717) is 11.3 Å². The quantitative estimate of drug-likeness (QED) is 0.806. The topological polar surface area (TPSA) is 29.5 Å². The van der Waals surface area contributed by atoms with Crippen molar-refractivity contribution in [3.8, 4) is 5.75 Å². The third kappa shape index (κ3) is 4.31. The second-order valence-corrected chi connectivity index (χ2v) is 5.93. The van der Waals surface area contributed by atoms with Gasteiger partial charge in [-0.15, -0.1) is 0 Å². The van der Waals surface area contributed by atoms with Gasteiger partial charge in [0.25, 0.3) is 0 Å². The molecule has 2 aromatic carbocycles. The van der Waals surface area contributed by atoms with Crippen molar-refractivity contribution >= 4 is 21.8 Å². The smallest absolute Gasteiger partial charge is 0.227 e. The number of halogens is 2. The summed E-state index contributed by atoms with van der Waals surface area (Å²) in [5.74, 6) is 0.322. The van der Waals surface area contributed by atoms with Crippen LogP contribution in [0.5, 0.6) is 5.75 Å². The van der Waals surface area contributed by atoms with Gasteiger partial charge < -0.3 is 9.64 Å². The van der Waals surface area contributed by atoms with Crippen molar-refractivity contribution < 1.29 is 13.9 Å². The summed E-state index contributed by atoms with van der Waals surface area (Å²) >= 11 is 3.31. The van der Waals surface area contributed by atoms with E-state index in [0.717, 1.165) is 10.0 Å². The van der Waals surface area contributed by atoms with Gasteiger partial charge in [0.15, 0.2) is 0 Å². The van der Waals surface area contributed by atoms with Gasteiger partial charge in [0, 0.05) is 23.6 Å². The molecule has 0 aliphatic rings. The van der Waals surface area contributed by atoms with Crippen LogP contribution in [0.2, 0.25) is 0 Å². The lowest BCUT2D eigenvalue weighted by atomic mass is 10.1. The van der Waals surface area contributed by atoms with E-state index < -0.39 is 0 Å². The minimum Gasteiger partial charge on any atom is -0.497 e. The number of likely N-dealkylation sites (N-methyl/N-ethyl adjacent to an activating group) is 1. The molecule has 0 unspecified atom stereocenters. The van der Waals surface area contributed by atoms with Gasteiger partial charge in [0.05, 0.1) is 13.5 Å². The molecule has 2 rings (SSSR count). The van der Waals surface area contributed by atoms with Crippen LogP contribution >= 0.6 is 15.9 Å². The molecule has 0 heterocycles. The van der Waals surface area contributed by atoms with Gasteiger partial charge in [-0.1, -0.05) is 28.1 Å². The first-order valence-corrected chi connectivity index (χ1v) is 7.59. The SMILES string of the molecule is COc1cccc(CC(=O)N(C)Cc2cc(Br)ccc2F)c1. The van der Waals surface area contributed by atoms with E-state index >= 15 is 0 Å². The van der Waals surface area contributed by atoms with Crippen LogP contribution in [0.15, 0.2) is 46.9 Å². The molecule has 0 atom stereocenters. The molecule has 2 aromatic rings. The van der Waals surface area contributed by atoms with E-state index in [1.165, 1.54) is 11.0 Å². The molecule has 0 aromatic heterocycles. The second kappa shape index (κ2) is 7.40. The highest BCUT2D eigenvalue weighted by Gasteiger charge is 2.13. The molecule has 0 aliphatic heterocycles. The molecule has 3 nitrogen and oxygen atoms in total. The number of benzene rings is 2. The molecule has 0 fully saturated rings. The summed E-state index contributed by atoms with van der Waals surface area (Å²) in [7, 11) is 3.26. The van der Waals surface area contributed by atoms with Crippen molar-refractivity contribution in [1.29, 1.82) is 0 Å². The molecule has 116 valence electrons. The van der Waals surface area contributed by atoms with Crippen molar-refractivity contribution in [2.45, 2.75) is 13.0 Å². The Hall–Kier alpha value is -1.88. The first kappa shape index (κ1) is 16.5. The minimum atomic E-state index is -0.316. The van der Waals surface area contributed by atoms with Crippen LogP contribution in [0, 0.1) is 5.82 Å². The number of hydrogen-bond acceptors (Lipinski definition) is 2. The molecule has 0 bridgehead atoms. The molecule has 0 saturated carbocycles. The van der Waals surface area contributed by atoms with Crippen LogP contribution in [0.4, 0.5) is 4.39 Å². The van der Waals surface area contributed by atoms with Crippen molar-refractivity contribution in [2.75, 3.05) is 14.2 Å². The molecule has 22 heavy (non-hydrogen) atoms.